The molecule has 1 aromatic rings. The second kappa shape index (κ2) is 3.49. The van der Waals surface area contributed by atoms with E-state index in [2.05, 4.69) is 22.8 Å². The second-order valence-electron chi connectivity index (χ2n) is 4.29. The first-order chi connectivity index (χ1) is 7.79. The zero-order valence-corrected chi connectivity index (χ0v) is 9.07. The Hall–Kier alpha value is -1.55. The van der Waals surface area contributed by atoms with E-state index in [0.29, 0.717) is 5.92 Å². The molecule has 1 saturated heterocycles. The number of carbonyl (C=O) groups excluding carboxylic acids is 1. The Morgan fingerprint density at radius 3 is 3.06 bits per heavy atom. The number of ether oxygens (including phenoxy) is 1. The zero-order chi connectivity index (χ0) is 11.1. The molecule has 0 radical (unpaired) electrons. The standard InChI is InChI=1S/C12H14N2O2/c1-16-12(15)10-6-8-7-4-2-3-5-9(7)13-11(8)14-10/h2-5,8,10-11,13-14H,6H2,1H3/t8-,10+,11-/m1/s1. The first-order valence-electron chi connectivity index (χ1n) is 5.49. The summed E-state index contributed by atoms with van der Waals surface area (Å²) in [6.45, 7) is 0. The summed E-state index contributed by atoms with van der Waals surface area (Å²) in [4.78, 5) is 11.4. The topological polar surface area (TPSA) is 50.4 Å². The van der Waals surface area contributed by atoms with Gasteiger partial charge in [0.1, 0.15) is 6.04 Å². The summed E-state index contributed by atoms with van der Waals surface area (Å²) in [5, 5.41) is 6.65. The Morgan fingerprint density at radius 2 is 2.25 bits per heavy atom. The molecule has 2 N–H and O–H groups in total. The number of fused-ring (bicyclic) bond motifs is 3. The molecule has 3 atom stereocenters. The van der Waals surface area contributed by atoms with Gasteiger partial charge >= 0.3 is 5.97 Å². The van der Waals surface area contributed by atoms with Crippen molar-refractivity contribution < 1.29 is 9.53 Å². The van der Waals surface area contributed by atoms with Crippen molar-refractivity contribution >= 4 is 11.7 Å². The van der Waals surface area contributed by atoms with Crippen LogP contribution in [0.15, 0.2) is 24.3 Å². The largest absolute Gasteiger partial charge is 0.468 e. The fraction of sp³-hybridized carbons (Fsp3) is 0.417. The molecule has 0 spiro atoms. The van der Waals surface area contributed by atoms with Crippen LogP contribution in [0.5, 0.6) is 0 Å². The third-order valence-electron chi connectivity index (χ3n) is 3.43. The number of anilines is 1. The van der Waals surface area contributed by atoms with Crippen LogP contribution in [0.25, 0.3) is 0 Å². The van der Waals surface area contributed by atoms with Gasteiger partial charge in [0.25, 0.3) is 0 Å². The van der Waals surface area contributed by atoms with E-state index in [0.717, 1.165) is 6.42 Å². The number of esters is 1. The van der Waals surface area contributed by atoms with Crippen molar-refractivity contribution in [2.45, 2.75) is 24.5 Å². The minimum absolute atomic E-state index is 0.168. The predicted molar refractivity (Wildman–Crippen MR) is 60.2 cm³/mol. The number of rotatable bonds is 1. The highest BCUT2D eigenvalue weighted by Crippen LogP contribution is 2.41. The maximum Gasteiger partial charge on any atom is 0.322 e. The summed E-state index contributed by atoms with van der Waals surface area (Å²) in [6.07, 6.45) is 0.975. The lowest BCUT2D eigenvalue weighted by Crippen LogP contribution is -2.39. The molecule has 4 heteroatoms. The van der Waals surface area contributed by atoms with Crippen molar-refractivity contribution in [3.05, 3.63) is 29.8 Å². The highest BCUT2D eigenvalue weighted by Gasteiger charge is 2.43. The Morgan fingerprint density at radius 1 is 1.44 bits per heavy atom. The lowest BCUT2D eigenvalue weighted by atomic mass is 9.96. The number of benzene rings is 1. The predicted octanol–water partition coefficient (Wildman–Crippen LogP) is 1.06. The average Bonchev–Trinajstić information content (AvgIpc) is 2.85. The van der Waals surface area contributed by atoms with Gasteiger partial charge < -0.3 is 10.1 Å². The van der Waals surface area contributed by atoms with E-state index in [1.54, 1.807) is 0 Å². The molecule has 2 heterocycles. The van der Waals surface area contributed by atoms with Crippen LogP contribution in [-0.4, -0.2) is 25.3 Å². The number of nitrogens with one attached hydrogen (secondary N) is 2. The normalized spacial score (nSPS) is 30.4. The summed E-state index contributed by atoms with van der Waals surface area (Å²) in [6, 6.07) is 8.07. The summed E-state index contributed by atoms with van der Waals surface area (Å²) in [5.74, 6) is 0.203. The fourth-order valence-electron chi connectivity index (χ4n) is 2.67. The van der Waals surface area contributed by atoms with E-state index in [-0.39, 0.29) is 18.2 Å². The molecule has 2 aliphatic rings. The minimum Gasteiger partial charge on any atom is -0.468 e. The van der Waals surface area contributed by atoms with Gasteiger partial charge in [0.05, 0.1) is 13.3 Å². The summed E-state index contributed by atoms with van der Waals surface area (Å²) in [7, 11) is 1.43. The number of carbonyl (C=O) groups is 1. The summed E-state index contributed by atoms with van der Waals surface area (Å²) in [5.41, 5.74) is 2.47. The monoisotopic (exact) mass is 218 g/mol. The van der Waals surface area contributed by atoms with E-state index in [1.807, 2.05) is 12.1 Å². The van der Waals surface area contributed by atoms with Crippen LogP contribution < -0.4 is 10.6 Å². The molecule has 1 aromatic carbocycles. The number of hydrogen-bond acceptors (Lipinski definition) is 4. The van der Waals surface area contributed by atoms with Gasteiger partial charge in [-0.3, -0.25) is 10.1 Å². The van der Waals surface area contributed by atoms with E-state index < -0.39 is 0 Å². The highest BCUT2D eigenvalue weighted by atomic mass is 16.5. The van der Waals surface area contributed by atoms with Crippen molar-refractivity contribution in [3.63, 3.8) is 0 Å². The molecule has 0 bridgehead atoms. The minimum atomic E-state index is -0.180. The molecule has 84 valence electrons. The Bertz CT molecular complexity index is 433. The zero-order valence-electron chi connectivity index (χ0n) is 9.07. The van der Waals surface area contributed by atoms with E-state index in [4.69, 9.17) is 4.74 Å². The molecular formula is C12H14N2O2. The Labute approximate surface area is 94.0 Å². The molecule has 0 aromatic heterocycles. The fourth-order valence-corrected chi connectivity index (χ4v) is 2.67. The maximum atomic E-state index is 11.4. The van der Waals surface area contributed by atoms with Gasteiger partial charge in [-0.25, -0.2) is 0 Å². The highest BCUT2D eigenvalue weighted by molar-refractivity contribution is 5.77. The first kappa shape index (κ1) is 9.66. The molecule has 0 unspecified atom stereocenters. The van der Waals surface area contributed by atoms with Gasteiger partial charge in [-0.05, 0) is 18.1 Å². The van der Waals surface area contributed by atoms with E-state index in [1.165, 1.54) is 18.4 Å². The Kier molecular flexibility index (Phi) is 2.11. The van der Waals surface area contributed by atoms with Crippen LogP contribution in [0.3, 0.4) is 0 Å². The van der Waals surface area contributed by atoms with Crippen molar-refractivity contribution in [2.75, 3.05) is 12.4 Å². The van der Waals surface area contributed by atoms with Crippen molar-refractivity contribution in [1.29, 1.82) is 0 Å². The van der Waals surface area contributed by atoms with Crippen LogP contribution in [0.4, 0.5) is 5.69 Å². The van der Waals surface area contributed by atoms with Gasteiger partial charge in [0, 0.05) is 11.6 Å². The van der Waals surface area contributed by atoms with Crippen LogP contribution in [0.1, 0.15) is 17.9 Å². The smallest absolute Gasteiger partial charge is 0.322 e. The van der Waals surface area contributed by atoms with Crippen LogP contribution in [0.2, 0.25) is 0 Å². The van der Waals surface area contributed by atoms with Crippen LogP contribution in [0, 0.1) is 0 Å². The summed E-state index contributed by atoms with van der Waals surface area (Å²) >= 11 is 0. The van der Waals surface area contributed by atoms with Gasteiger partial charge in [-0.15, -0.1) is 0 Å². The van der Waals surface area contributed by atoms with Gasteiger partial charge in [-0.1, -0.05) is 18.2 Å². The molecule has 2 aliphatic heterocycles. The van der Waals surface area contributed by atoms with Gasteiger partial charge in [-0.2, -0.15) is 0 Å². The molecule has 0 aliphatic carbocycles. The molecule has 0 saturated carbocycles. The van der Waals surface area contributed by atoms with Crippen molar-refractivity contribution in [1.82, 2.24) is 5.32 Å². The van der Waals surface area contributed by atoms with Crippen LogP contribution in [-0.2, 0) is 9.53 Å². The lowest BCUT2D eigenvalue weighted by molar-refractivity contribution is -0.142. The number of methoxy groups -OCH3 is 1. The average molecular weight is 218 g/mol. The summed E-state index contributed by atoms with van der Waals surface area (Å²) < 4.78 is 4.76. The SMILES string of the molecule is COC(=O)[C@@H]1C[C@@H]2c3ccccc3N[C@@H]2N1. The second-order valence-corrected chi connectivity index (χ2v) is 4.29. The molecule has 0 amide bonds. The third-order valence-corrected chi connectivity index (χ3v) is 3.43. The number of para-hydroxylation sites is 1. The van der Waals surface area contributed by atoms with E-state index >= 15 is 0 Å². The molecular weight excluding hydrogens is 204 g/mol. The maximum absolute atomic E-state index is 11.4. The van der Waals surface area contributed by atoms with E-state index in [9.17, 15) is 4.79 Å². The molecule has 1 fully saturated rings. The van der Waals surface area contributed by atoms with Gasteiger partial charge in [0.15, 0.2) is 0 Å². The molecule has 16 heavy (non-hydrogen) atoms. The molecule has 3 rings (SSSR count). The lowest BCUT2D eigenvalue weighted by Gasteiger charge is -2.12. The number of hydrogen-bond donors (Lipinski definition) is 2. The quantitative estimate of drug-likeness (QED) is 0.692. The van der Waals surface area contributed by atoms with Crippen molar-refractivity contribution in [3.8, 4) is 0 Å². The first-order valence-corrected chi connectivity index (χ1v) is 5.49. The third kappa shape index (κ3) is 1.30. The van der Waals surface area contributed by atoms with Crippen molar-refractivity contribution in [2.24, 2.45) is 0 Å². The molecule has 4 nitrogen and oxygen atoms in total. The van der Waals surface area contributed by atoms with Crippen LogP contribution >= 0.6 is 0 Å². The van der Waals surface area contributed by atoms with Gasteiger partial charge in [0.2, 0.25) is 0 Å². The Balaban J connectivity index is 1.84.